The maximum atomic E-state index is 12.6. The van der Waals surface area contributed by atoms with Gasteiger partial charge in [-0.25, -0.2) is 0 Å². The molecule has 0 unspecified atom stereocenters. The monoisotopic (exact) mass is 474 g/mol. The van der Waals surface area contributed by atoms with Gasteiger partial charge in [-0.2, -0.15) is 0 Å². The molecule has 0 atom stereocenters. The molecule has 1 heterocycles. The second kappa shape index (κ2) is 10.9. The molecule has 1 aromatic heterocycles. The minimum Gasteiger partial charge on any atom is -0.493 e. The van der Waals surface area contributed by atoms with Gasteiger partial charge in [0.2, 0.25) is 5.91 Å². The van der Waals surface area contributed by atoms with E-state index in [4.69, 9.17) is 9.47 Å². The number of aryl methyl sites for hydroxylation is 1. The Morgan fingerprint density at radius 1 is 0.941 bits per heavy atom. The molecule has 174 valence electrons. The summed E-state index contributed by atoms with van der Waals surface area (Å²) < 4.78 is 12.6. The number of nitrogens with one attached hydrogen (secondary N) is 1. The van der Waals surface area contributed by atoms with Crippen LogP contribution in [0.5, 0.6) is 11.5 Å². The van der Waals surface area contributed by atoms with Crippen molar-refractivity contribution in [2.45, 2.75) is 18.6 Å². The van der Waals surface area contributed by atoms with Crippen LogP contribution >= 0.6 is 11.8 Å². The molecule has 0 saturated heterocycles. The first-order chi connectivity index (χ1) is 16.6. The summed E-state index contributed by atoms with van der Waals surface area (Å²) in [6.45, 7) is 2.44. The number of nitrogens with zero attached hydrogens (tertiary/aromatic N) is 3. The number of methoxy groups -OCH3 is 2. The Balaban J connectivity index is 1.48. The highest BCUT2D eigenvalue weighted by Gasteiger charge is 2.17. The van der Waals surface area contributed by atoms with Crippen molar-refractivity contribution in [1.29, 1.82) is 0 Å². The zero-order valence-electron chi connectivity index (χ0n) is 19.3. The standard InChI is InChI=1S/C26H26N4O3S/c1-18-9-12-21(13-10-18)30-25(20-7-5-4-6-8-20)28-29-26(30)34-17-24(31)27-16-19-11-14-22(32-2)23(15-19)33-3/h4-15H,16-17H2,1-3H3,(H,27,31). The van der Waals surface area contributed by atoms with Crippen LogP contribution in [-0.2, 0) is 11.3 Å². The van der Waals surface area contributed by atoms with Gasteiger partial charge in [-0.1, -0.05) is 65.9 Å². The van der Waals surface area contributed by atoms with Gasteiger partial charge < -0.3 is 14.8 Å². The van der Waals surface area contributed by atoms with E-state index in [2.05, 4.69) is 15.5 Å². The number of amides is 1. The summed E-state index contributed by atoms with van der Waals surface area (Å²) >= 11 is 1.35. The van der Waals surface area contributed by atoms with Crippen LogP contribution in [0.3, 0.4) is 0 Å². The SMILES string of the molecule is COc1ccc(CNC(=O)CSc2nnc(-c3ccccc3)n2-c2ccc(C)cc2)cc1OC. The molecule has 8 heteroatoms. The van der Waals surface area contributed by atoms with Crippen molar-refractivity contribution in [2.24, 2.45) is 0 Å². The van der Waals surface area contributed by atoms with Crippen LogP contribution in [0.15, 0.2) is 78.0 Å². The summed E-state index contributed by atoms with van der Waals surface area (Å²) in [6.07, 6.45) is 0. The molecule has 3 aromatic carbocycles. The van der Waals surface area contributed by atoms with Crippen molar-refractivity contribution in [3.63, 3.8) is 0 Å². The zero-order valence-corrected chi connectivity index (χ0v) is 20.1. The van der Waals surface area contributed by atoms with Gasteiger partial charge in [0.15, 0.2) is 22.5 Å². The topological polar surface area (TPSA) is 78.3 Å². The summed E-state index contributed by atoms with van der Waals surface area (Å²) in [5.41, 5.74) is 4.00. The molecule has 0 radical (unpaired) electrons. The minimum atomic E-state index is -0.0977. The zero-order chi connectivity index (χ0) is 23.9. The Bertz CT molecular complexity index is 1260. The fourth-order valence-corrected chi connectivity index (χ4v) is 4.22. The van der Waals surface area contributed by atoms with Crippen LogP contribution in [0, 0.1) is 6.92 Å². The lowest BCUT2D eigenvalue weighted by atomic mass is 10.2. The Labute approximate surface area is 203 Å². The molecule has 7 nitrogen and oxygen atoms in total. The number of thioether (sulfide) groups is 1. The van der Waals surface area contributed by atoms with E-state index in [0.29, 0.717) is 23.2 Å². The third kappa shape index (κ3) is 5.40. The van der Waals surface area contributed by atoms with Crippen LogP contribution in [0.4, 0.5) is 0 Å². The maximum absolute atomic E-state index is 12.6. The second-order valence-corrected chi connectivity index (χ2v) is 8.54. The van der Waals surface area contributed by atoms with Crippen molar-refractivity contribution in [1.82, 2.24) is 20.1 Å². The molecule has 0 fully saturated rings. The number of ether oxygens (including phenoxy) is 2. The normalized spacial score (nSPS) is 10.7. The van der Waals surface area contributed by atoms with Crippen LogP contribution in [0.2, 0.25) is 0 Å². The van der Waals surface area contributed by atoms with Crippen molar-refractivity contribution in [3.8, 4) is 28.6 Å². The predicted molar refractivity (Wildman–Crippen MR) is 134 cm³/mol. The summed E-state index contributed by atoms with van der Waals surface area (Å²) in [5.74, 6) is 2.13. The van der Waals surface area contributed by atoms with Gasteiger partial charge in [-0.3, -0.25) is 9.36 Å². The fraction of sp³-hybridized carbons (Fsp3) is 0.192. The molecular formula is C26H26N4O3S. The maximum Gasteiger partial charge on any atom is 0.230 e. The number of aromatic nitrogens is 3. The molecule has 0 aliphatic heterocycles. The smallest absolute Gasteiger partial charge is 0.230 e. The first-order valence-electron chi connectivity index (χ1n) is 10.8. The predicted octanol–water partition coefficient (Wildman–Crippen LogP) is 4.67. The lowest BCUT2D eigenvalue weighted by Gasteiger charge is -2.11. The summed E-state index contributed by atoms with van der Waals surface area (Å²) in [5, 5.41) is 12.4. The quantitative estimate of drug-likeness (QED) is 0.355. The number of benzene rings is 3. The molecule has 0 saturated carbocycles. The fourth-order valence-electron chi connectivity index (χ4n) is 3.44. The van der Waals surface area contributed by atoms with Gasteiger partial charge in [-0.15, -0.1) is 10.2 Å². The van der Waals surface area contributed by atoms with E-state index in [1.54, 1.807) is 14.2 Å². The molecule has 4 rings (SSSR count). The van der Waals surface area contributed by atoms with Crippen LogP contribution in [0.1, 0.15) is 11.1 Å². The largest absolute Gasteiger partial charge is 0.493 e. The second-order valence-electron chi connectivity index (χ2n) is 7.60. The van der Waals surface area contributed by atoms with Crippen LogP contribution in [0.25, 0.3) is 17.1 Å². The highest BCUT2D eigenvalue weighted by molar-refractivity contribution is 7.99. The first-order valence-corrected chi connectivity index (χ1v) is 11.8. The van der Waals surface area contributed by atoms with Crippen LogP contribution < -0.4 is 14.8 Å². The van der Waals surface area contributed by atoms with Gasteiger partial charge >= 0.3 is 0 Å². The van der Waals surface area contributed by atoms with E-state index in [0.717, 1.165) is 22.6 Å². The van der Waals surface area contributed by atoms with Gasteiger partial charge in [0.25, 0.3) is 0 Å². The van der Waals surface area contributed by atoms with E-state index < -0.39 is 0 Å². The van der Waals surface area contributed by atoms with E-state index in [-0.39, 0.29) is 11.7 Å². The van der Waals surface area contributed by atoms with Crippen molar-refractivity contribution < 1.29 is 14.3 Å². The van der Waals surface area contributed by atoms with Crippen LogP contribution in [-0.4, -0.2) is 40.6 Å². The average Bonchev–Trinajstić information content (AvgIpc) is 3.31. The molecule has 0 aliphatic carbocycles. The number of carbonyl (C=O) groups excluding carboxylic acids is 1. The molecule has 1 N–H and O–H groups in total. The summed E-state index contributed by atoms with van der Waals surface area (Å²) in [4.78, 5) is 12.6. The number of hydrogen-bond acceptors (Lipinski definition) is 6. The molecular weight excluding hydrogens is 448 g/mol. The average molecular weight is 475 g/mol. The van der Waals surface area contributed by atoms with Crippen molar-refractivity contribution in [2.75, 3.05) is 20.0 Å². The molecule has 0 aliphatic rings. The van der Waals surface area contributed by atoms with Crippen molar-refractivity contribution >= 4 is 17.7 Å². The van der Waals surface area contributed by atoms with Gasteiger partial charge in [0, 0.05) is 17.8 Å². The van der Waals surface area contributed by atoms with E-state index in [1.165, 1.54) is 17.3 Å². The van der Waals surface area contributed by atoms with Gasteiger partial charge in [0.05, 0.1) is 20.0 Å². The minimum absolute atomic E-state index is 0.0977. The Morgan fingerprint density at radius 3 is 2.38 bits per heavy atom. The first kappa shape index (κ1) is 23.4. The third-order valence-electron chi connectivity index (χ3n) is 5.23. The molecule has 34 heavy (non-hydrogen) atoms. The molecule has 0 spiro atoms. The lowest BCUT2D eigenvalue weighted by molar-refractivity contribution is -0.118. The highest BCUT2D eigenvalue weighted by Crippen LogP contribution is 2.29. The number of carbonyl (C=O) groups is 1. The third-order valence-corrected chi connectivity index (χ3v) is 6.16. The summed E-state index contributed by atoms with van der Waals surface area (Å²) in [7, 11) is 3.18. The van der Waals surface area contributed by atoms with E-state index >= 15 is 0 Å². The summed E-state index contributed by atoms with van der Waals surface area (Å²) in [6, 6.07) is 23.6. The molecule has 4 aromatic rings. The van der Waals surface area contributed by atoms with Gasteiger partial charge in [0.1, 0.15) is 0 Å². The Kier molecular flexibility index (Phi) is 7.49. The Morgan fingerprint density at radius 2 is 1.68 bits per heavy atom. The lowest BCUT2D eigenvalue weighted by Crippen LogP contribution is -2.24. The highest BCUT2D eigenvalue weighted by atomic mass is 32.2. The number of hydrogen-bond donors (Lipinski definition) is 1. The van der Waals surface area contributed by atoms with Gasteiger partial charge in [-0.05, 0) is 36.8 Å². The Hall–Kier alpha value is -3.78. The van der Waals surface area contributed by atoms with E-state index in [9.17, 15) is 4.79 Å². The molecule has 1 amide bonds. The number of rotatable bonds is 9. The van der Waals surface area contributed by atoms with E-state index in [1.807, 2.05) is 84.3 Å². The van der Waals surface area contributed by atoms with Crippen molar-refractivity contribution in [3.05, 3.63) is 83.9 Å². The molecule has 0 bridgehead atoms.